The molecule has 1 aromatic carbocycles. The predicted molar refractivity (Wildman–Crippen MR) is 68.5 cm³/mol. The molecule has 2 N–H and O–H groups in total. The molecule has 7 heteroatoms. The fourth-order valence-corrected chi connectivity index (χ4v) is 1.11. The van der Waals surface area contributed by atoms with Crippen molar-refractivity contribution in [2.24, 2.45) is 5.10 Å². The van der Waals surface area contributed by atoms with Gasteiger partial charge in [-0.2, -0.15) is 5.10 Å². The van der Waals surface area contributed by atoms with Crippen molar-refractivity contribution in [1.82, 2.24) is 5.32 Å². The lowest BCUT2D eigenvalue weighted by molar-refractivity contribution is -0.384. The van der Waals surface area contributed by atoms with Crippen molar-refractivity contribution < 1.29 is 9.72 Å². The molecule has 1 aromatic rings. The van der Waals surface area contributed by atoms with Crippen LogP contribution in [0.5, 0.6) is 0 Å². The molecule has 96 valence electrons. The second-order valence-electron chi connectivity index (χ2n) is 3.67. The molecule has 0 aromatic heterocycles. The quantitative estimate of drug-likeness (QED) is 0.470. The van der Waals surface area contributed by atoms with Crippen molar-refractivity contribution in [2.45, 2.75) is 13.8 Å². The molecule has 0 heterocycles. The Morgan fingerprint density at radius 1 is 1.33 bits per heavy atom. The van der Waals surface area contributed by atoms with Crippen LogP contribution in [-0.2, 0) is 4.79 Å². The highest BCUT2D eigenvalue weighted by molar-refractivity contribution is 5.88. The molecule has 0 spiro atoms. The Bertz CT molecular complexity index is 468. The van der Waals surface area contributed by atoms with E-state index in [0.29, 0.717) is 17.9 Å². The molecule has 0 saturated heterocycles. The lowest BCUT2D eigenvalue weighted by Crippen LogP contribution is -2.26. The van der Waals surface area contributed by atoms with Gasteiger partial charge in [-0.15, -0.1) is 0 Å². The average molecular weight is 250 g/mol. The molecule has 1 rings (SSSR count). The highest BCUT2D eigenvalue weighted by atomic mass is 16.6. The maximum atomic E-state index is 10.7. The zero-order chi connectivity index (χ0) is 13.5. The first-order valence-electron chi connectivity index (χ1n) is 5.27. The number of hydrogen-bond acceptors (Lipinski definition) is 5. The van der Waals surface area contributed by atoms with Crippen LogP contribution in [-0.4, -0.2) is 23.1 Å². The van der Waals surface area contributed by atoms with Crippen molar-refractivity contribution in [1.29, 1.82) is 0 Å². The minimum absolute atomic E-state index is 0.0273. The molecule has 7 nitrogen and oxygen atoms in total. The van der Waals surface area contributed by atoms with Gasteiger partial charge < -0.3 is 5.32 Å². The summed E-state index contributed by atoms with van der Waals surface area (Å²) in [6.07, 6.45) is 0. The number of hydrogen-bond donors (Lipinski definition) is 2. The number of nitro benzene ring substituents is 1. The van der Waals surface area contributed by atoms with Crippen LogP contribution in [0.4, 0.5) is 11.4 Å². The van der Waals surface area contributed by atoms with Gasteiger partial charge in [-0.05, 0) is 19.1 Å². The van der Waals surface area contributed by atoms with Crippen LogP contribution in [0, 0.1) is 10.1 Å². The van der Waals surface area contributed by atoms with E-state index in [-0.39, 0.29) is 11.6 Å². The Balaban J connectivity index is 2.54. The van der Waals surface area contributed by atoms with Crippen molar-refractivity contribution in [3.05, 3.63) is 34.4 Å². The van der Waals surface area contributed by atoms with Crippen molar-refractivity contribution in [3.63, 3.8) is 0 Å². The highest BCUT2D eigenvalue weighted by Crippen LogP contribution is 2.15. The summed E-state index contributed by atoms with van der Waals surface area (Å²) in [5, 5.41) is 17.1. The summed E-state index contributed by atoms with van der Waals surface area (Å²) in [4.78, 5) is 20.7. The van der Waals surface area contributed by atoms with E-state index in [1.807, 2.05) is 0 Å². The summed E-state index contributed by atoms with van der Waals surface area (Å²) in [5.41, 5.74) is 4.11. The number of nitrogens with one attached hydrogen (secondary N) is 2. The van der Waals surface area contributed by atoms with Crippen LogP contribution in [0.2, 0.25) is 0 Å². The molecule has 0 fully saturated rings. The molecule has 0 atom stereocenters. The van der Waals surface area contributed by atoms with Gasteiger partial charge in [0, 0.05) is 19.1 Å². The molecular weight excluding hydrogens is 236 g/mol. The SMILES string of the molecule is CC(=O)NC/C(C)=N/Nc1ccc([N+](=O)[O-])cc1. The van der Waals surface area contributed by atoms with Gasteiger partial charge in [0.15, 0.2) is 0 Å². The lowest BCUT2D eigenvalue weighted by atomic mass is 10.3. The first-order chi connectivity index (χ1) is 8.49. The highest BCUT2D eigenvalue weighted by Gasteiger charge is 2.03. The zero-order valence-electron chi connectivity index (χ0n) is 10.1. The van der Waals surface area contributed by atoms with E-state index in [4.69, 9.17) is 0 Å². The van der Waals surface area contributed by atoms with Gasteiger partial charge in [-0.1, -0.05) is 0 Å². The third-order valence-corrected chi connectivity index (χ3v) is 2.05. The Hall–Kier alpha value is -2.44. The molecule has 0 unspecified atom stereocenters. The van der Waals surface area contributed by atoms with Crippen molar-refractivity contribution in [2.75, 3.05) is 12.0 Å². The van der Waals surface area contributed by atoms with Crippen LogP contribution in [0.25, 0.3) is 0 Å². The van der Waals surface area contributed by atoms with Crippen molar-refractivity contribution >= 4 is 23.0 Å². The number of nitrogens with zero attached hydrogens (tertiary/aromatic N) is 2. The third-order valence-electron chi connectivity index (χ3n) is 2.05. The van der Waals surface area contributed by atoms with Crippen LogP contribution < -0.4 is 10.7 Å². The normalized spacial score (nSPS) is 10.9. The maximum absolute atomic E-state index is 10.7. The number of nitro groups is 1. The smallest absolute Gasteiger partial charge is 0.269 e. The number of rotatable bonds is 5. The van der Waals surface area contributed by atoms with Crippen LogP contribution in [0.3, 0.4) is 0 Å². The molecule has 0 aliphatic heterocycles. The average Bonchev–Trinajstić information content (AvgIpc) is 2.34. The summed E-state index contributed by atoms with van der Waals surface area (Å²) < 4.78 is 0. The summed E-state index contributed by atoms with van der Waals surface area (Å²) in [6, 6.07) is 5.91. The maximum Gasteiger partial charge on any atom is 0.269 e. The van der Waals surface area contributed by atoms with Crippen LogP contribution in [0.15, 0.2) is 29.4 Å². The monoisotopic (exact) mass is 250 g/mol. The van der Waals surface area contributed by atoms with E-state index in [1.165, 1.54) is 19.1 Å². The molecule has 18 heavy (non-hydrogen) atoms. The molecule has 1 amide bonds. The second-order valence-corrected chi connectivity index (χ2v) is 3.67. The number of amides is 1. The second kappa shape index (κ2) is 6.33. The number of benzene rings is 1. The van der Waals surface area contributed by atoms with E-state index < -0.39 is 4.92 Å². The van der Waals surface area contributed by atoms with E-state index >= 15 is 0 Å². The van der Waals surface area contributed by atoms with E-state index in [9.17, 15) is 14.9 Å². The largest absolute Gasteiger partial charge is 0.351 e. The van der Waals surface area contributed by atoms with Gasteiger partial charge in [0.1, 0.15) is 0 Å². The minimum Gasteiger partial charge on any atom is -0.351 e. The molecule has 0 aliphatic rings. The van der Waals surface area contributed by atoms with Gasteiger partial charge >= 0.3 is 0 Å². The van der Waals surface area contributed by atoms with Crippen LogP contribution in [0.1, 0.15) is 13.8 Å². The van der Waals surface area contributed by atoms with Gasteiger partial charge in [0.05, 0.1) is 22.9 Å². The first-order valence-corrected chi connectivity index (χ1v) is 5.27. The van der Waals surface area contributed by atoms with Gasteiger partial charge in [-0.3, -0.25) is 20.3 Å². The summed E-state index contributed by atoms with van der Waals surface area (Å²) in [6.45, 7) is 3.54. The third kappa shape index (κ3) is 4.60. The number of hydrazone groups is 1. The first kappa shape index (κ1) is 13.6. The number of non-ortho nitro benzene ring substituents is 1. The molecule has 0 aliphatic carbocycles. The minimum atomic E-state index is -0.463. The Kier molecular flexibility index (Phi) is 4.79. The van der Waals surface area contributed by atoms with E-state index in [2.05, 4.69) is 15.8 Å². The van der Waals surface area contributed by atoms with Crippen LogP contribution >= 0.6 is 0 Å². The Morgan fingerprint density at radius 2 is 1.94 bits per heavy atom. The van der Waals surface area contributed by atoms with Crippen molar-refractivity contribution in [3.8, 4) is 0 Å². The summed E-state index contributed by atoms with van der Waals surface area (Å²) in [7, 11) is 0. The zero-order valence-corrected chi connectivity index (χ0v) is 10.1. The standard InChI is InChI=1S/C11H14N4O3/c1-8(7-12-9(2)16)13-14-10-3-5-11(6-4-10)15(17)18/h3-6,14H,7H2,1-2H3,(H,12,16)/b13-8+. The Labute approximate surface area is 104 Å². The topological polar surface area (TPSA) is 96.6 Å². The van der Waals surface area contributed by atoms with Gasteiger partial charge in [0.2, 0.25) is 5.91 Å². The molecule has 0 radical (unpaired) electrons. The summed E-state index contributed by atoms with van der Waals surface area (Å²) in [5.74, 6) is -0.125. The Morgan fingerprint density at radius 3 is 2.44 bits per heavy atom. The molecule has 0 saturated carbocycles. The lowest BCUT2D eigenvalue weighted by Gasteiger charge is -2.03. The predicted octanol–water partition coefficient (Wildman–Crippen LogP) is 1.52. The number of carbonyl (C=O) groups excluding carboxylic acids is 1. The number of anilines is 1. The molecular formula is C11H14N4O3. The van der Waals surface area contributed by atoms with E-state index in [1.54, 1.807) is 19.1 Å². The fraction of sp³-hybridized carbons (Fsp3) is 0.273. The van der Waals surface area contributed by atoms with E-state index in [0.717, 1.165) is 0 Å². The van der Waals surface area contributed by atoms with Gasteiger partial charge in [-0.25, -0.2) is 0 Å². The molecule has 0 bridgehead atoms. The van der Waals surface area contributed by atoms with Gasteiger partial charge in [0.25, 0.3) is 5.69 Å². The number of carbonyl (C=O) groups is 1. The fourth-order valence-electron chi connectivity index (χ4n) is 1.11. The summed E-state index contributed by atoms with van der Waals surface area (Å²) >= 11 is 0.